The Morgan fingerprint density at radius 1 is 0.870 bits per heavy atom. The summed E-state index contributed by atoms with van der Waals surface area (Å²) < 4.78 is 21.1. The first-order valence-corrected chi connectivity index (χ1v) is 32.7. The second-order valence-electron chi connectivity index (χ2n) is 26.8. The number of ketones is 2. The van der Waals surface area contributed by atoms with Crippen LogP contribution in [0.2, 0.25) is 0 Å². The predicted molar refractivity (Wildman–Crippen MR) is 356 cm³/mol. The molecule has 8 atom stereocenters. The van der Waals surface area contributed by atoms with Crippen molar-refractivity contribution in [1.82, 2.24) is 14.9 Å². The largest absolute Gasteiger partial charge is 0.508 e. The maximum Gasteiger partial charge on any atom is 0.302 e. The molecule has 6 bridgehead atoms. The lowest BCUT2D eigenvalue weighted by molar-refractivity contribution is -0.148. The smallest absolute Gasteiger partial charge is 0.302 e. The molecule has 4 heterocycles. The van der Waals surface area contributed by atoms with Gasteiger partial charge >= 0.3 is 5.97 Å². The second kappa shape index (κ2) is 25.5. The van der Waals surface area contributed by atoms with Gasteiger partial charge in [0, 0.05) is 104 Å². The fourth-order valence-corrected chi connectivity index (χ4v) is 16.4. The van der Waals surface area contributed by atoms with Gasteiger partial charge in [-0.15, -0.1) is 0 Å². The molecule has 14 nitrogen and oxygen atoms in total. The van der Waals surface area contributed by atoms with E-state index in [2.05, 4.69) is 106 Å². The number of H-pyrrole nitrogens is 1. The number of esters is 1. The van der Waals surface area contributed by atoms with Crippen LogP contribution in [-0.2, 0) is 32.0 Å². The number of methoxy groups -OCH3 is 1. The van der Waals surface area contributed by atoms with Crippen molar-refractivity contribution in [1.29, 1.82) is 0 Å². The molecule has 13 rings (SSSR count). The van der Waals surface area contributed by atoms with E-state index in [0.29, 0.717) is 62.9 Å². The Kier molecular flexibility index (Phi) is 17.1. The van der Waals surface area contributed by atoms with Crippen LogP contribution < -0.4 is 19.7 Å². The molecule has 0 amide bonds. The average Bonchev–Trinajstić information content (AvgIpc) is 1.56. The summed E-state index contributed by atoms with van der Waals surface area (Å²) in [5.41, 5.74) is 9.53. The van der Waals surface area contributed by atoms with Crippen LogP contribution in [0, 0.1) is 28.6 Å². The van der Waals surface area contributed by atoms with Crippen LogP contribution >= 0.6 is 0 Å². The van der Waals surface area contributed by atoms with Gasteiger partial charge in [0.2, 0.25) is 5.75 Å². The lowest BCUT2D eigenvalue weighted by atomic mass is 9.61. The maximum atomic E-state index is 15.5. The molecule has 14 heteroatoms. The number of nitrogens with zero attached hydrogens (tertiary/aromatic N) is 2. The molecule has 4 aliphatic carbocycles. The van der Waals surface area contributed by atoms with Crippen LogP contribution in [0.3, 0.4) is 0 Å². The Morgan fingerprint density at radius 3 is 2.48 bits per heavy atom. The Hall–Kier alpha value is -9.19. The van der Waals surface area contributed by atoms with Crippen molar-refractivity contribution in [2.24, 2.45) is 16.7 Å². The first-order chi connectivity index (χ1) is 44.5. The quantitative estimate of drug-likeness (QED) is 0.0501. The number of carbonyl (C=O) groups is 3. The van der Waals surface area contributed by atoms with Gasteiger partial charge in [0.1, 0.15) is 40.7 Å². The summed E-state index contributed by atoms with van der Waals surface area (Å²) in [7, 11) is 1.50. The summed E-state index contributed by atoms with van der Waals surface area (Å²) in [6.45, 7) is 8.27. The number of nitrogens with one attached hydrogen (secondary N) is 2. The zero-order valence-electron chi connectivity index (χ0n) is 53.1. The first-order valence-electron chi connectivity index (χ1n) is 32.7. The number of phenolic OH excluding ortho intramolecular Hbond substituents is 3. The summed E-state index contributed by atoms with van der Waals surface area (Å²) in [5, 5.41) is 52.4. The van der Waals surface area contributed by atoms with E-state index in [0.717, 1.165) is 98.2 Å². The number of aliphatic hydroxyl groups excluding tert-OH is 1. The molecule has 5 aromatic carbocycles. The Labute approximate surface area is 538 Å². The molecular weight excluding hydrogens is 1150 g/mol. The fraction of sp³-hybridized carbons (Fsp3) is 0.372. The summed E-state index contributed by atoms with van der Waals surface area (Å²) in [5.74, 6) is 7.23. The highest BCUT2D eigenvalue weighted by molar-refractivity contribution is 6.00. The lowest BCUT2D eigenvalue weighted by Gasteiger charge is -2.43. The van der Waals surface area contributed by atoms with Gasteiger partial charge in [-0.2, -0.15) is 0 Å². The minimum Gasteiger partial charge on any atom is -0.508 e. The number of dihydropyridines is 1. The van der Waals surface area contributed by atoms with E-state index in [-0.39, 0.29) is 88.7 Å². The summed E-state index contributed by atoms with van der Waals surface area (Å²) in [6, 6.07) is 29.7. The Morgan fingerprint density at radius 2 is 1.70 bits per heavy atom. The molecular formula is C78H82N4O10. The van der Waals surface area contributed by atoms with Gasteiger partial charge in [-0.05, 0) is 156 Å². The molecule has 474 valence electrons. The molecule has 1 spiro atoms. The third kappa shape index (κ3) is 11.9. The van der Waals surface area contributed by atoms with E-state index in [1.807, 2.05) is 54.7 Å². The van der Waals surface area contributed by atoms with E-state index >= 15 is 4.79 Å². The number of aryl methyl sites for hydroxylation is 1. The molecule has 0 radical (unpaired) electrons. The van der Waals surface area contributed by atoms with Crippen molar-refractivity contribution >= 4 is 34.0 Å². The molecule has 1 fully saturated rings. The number of aromatic nitrogens is 2. The number of hydrogen-bond donors (Lipinski definition) is 6. The number of allylic oxidation sites excluding steroid dienone is 6. The highest BCUT2D eigenvalue weighted by atomic mass is 16.5. The van der Waals surface area contributed by atoms with Crippen LogP contribution in [0.15, 0.2) is 163 Å². The van der Waals surface area contributed by atoms with Gasteiger partial charge in [0.05, 0.1) is 30.9 Å². The van der Waals surface area contributed by atoms with Crippen molar-refractivity contribution in [2.75, 3.05) is 25.1 Å². The van der Waals surface area contributed by atoms with E-state index in [4.69, 9.17) is 14.2 Å². The number of rotatable bonds is 12. The number of phenols is 3. The SMILES string of the molecule is COc1cc(C2CC(=O)CC(OC(C)=O)CCC34Cc5c[nH]cc5C(C#CCC3=CC=CC4C)C(c3cccc(O)c3)C3=CCNC(=C3)N(CCC(C)=O)c3ccc4c5c(n2cc35)CCC4O)cc(O)c1Oc1cc(O)cc(C(c2ccccc2)C2(C)CCCC2)c1. The normalized spacial score (nSPS) is 23.8. The number of Topliss-reactive ketones (excluding diaryl/α,β-unsaturated/α-hetero) is 2. The number of hydrogen-bond acceptors (Lipinski definition) is 12. The number of aromatic hydroxyl groups is 3. The molecule has 2 aliphatic heterocycles. The average molecular weight is 1240 g/mol. The third-order valence-electron chi connectivity index (χ3n) is 20.9. The predicted octanol–water partition coefficient (Wildman–Crippen LogP) is 15.0. The van der Waals surface area contributed by atoms with Gasteiger partial charge < -0.3 is 54.4 Å². The van der Waals surface area contributed by atoms with Gasteiger partial charge in [-0.25, -0.2) is 0 Å². The highest BCUT2D eigenvalue weighted by Gasteiger charge is 2.44. The van der Waals surface area contributed by atoms with Gasteiger partial charge in [-0.3, -0.25) is 14.4 Å². The standard InChI is InChI=1S/C78H82N4O10/c1-47-14-11-18-56-19-13-21-62-64-45-79-44-55(64)43-78(47,56)31-26-60(91-49(3)84)40-59(87)42-68(53-37-70(89)76(71(38-53)90-5)92-61-36-54(35-58(86)41-61)75(50-15-7-6-8-16-50)77(4)29-9-10-30-77)82-46-65-66(23-22-63-69(88)25-24-67(82)74(63)65)81(33-28-48(2)83)72-39-52(27-32-80-72)73(62)51-17-12-20-57(85)34-51/h6-8,11-12,14-18,20,22-23,27,34-39,41,44-47,60,62,68-69,73,75,79-80,85-86,88-89H,9-10,19,24-26,28-33,40,42-43H2,1-5H3. The van der Waals surface area contributed by atoms with Crippen molar-refractivity contribution in [3.8, 4) is 46.3 Å². The van der Waals surface area contributed by atoms with E-state index in [9.17, 15) is 30.0 Å². The maximum absolute atomic E-state index is 15.5. The number of fused-ring (bicyclic) bond motifs is 3. The van der Waals surface area contributed by atoms with Crippen LogP contribution in [0.5, 0.6) is 34.5 Å². The minimum atomic E-state index is -0.798. The van der Waals surface area contributed by atoms with E-state index in [1.165, 1.54) is 20.1 Å². The van der Waals surface area contributed by atoms with Crippen molar-refractivity contribution in [2.45, 2.75) is 147 Å². The van der Waals surface area contributed by atoms with Gasteiger partial charge in [-0.1, -0.05) is 117 Å². The Balaban J connectivity index is 0.983. The molecule has 1 saturated carbocycles. The number of aliphatic hydroxyl groups is 1. The van der Waals surface area contributed by atoms with Crippen LogP contribution in [-0.4, -0.2) is 73.8 Å². The fourth-order valence-electron chi connectivity index (χ4n) is 16.4. The third-order valence-corrected chi connectivity index (χ3v) is 20.9. The van der Waals surface area contributed by atoms with Crippen LogP contribution in [0.1, 0.15) is 173 Å². The summed E-state index contributed by atoms with van der Waals surface area (Å²) in [6.07, 6.45) is 22.7. The van der Waals surface area contributed by atoms with Gasteiger partial charge in [0.25, 0.3) is 0 Å². The zero-order valence-corrected chi connectivity index (χ0v) is 53.1. The summed E-state index contributed by atoms with van der Waals surface area (Å²) >= 11 is 0. The van der Waals surface area contributed by atoms with Crippen molar-refractivity contribution < 1.29 is 49.0 Å². The number of benzene rings is 5. The highest BCUT2D eigenvalue weighted by Crippen LogP contribution is 2.55. The molecule has 0 saturated heterocycles. The monoisotopic (exact) mass is 1230 g/mol. The number of aromatic amines is 1. The number of ether oxygens (including phenoxy) is 3. The van der Waals surface area contributed by atoms with Crippen LogP contribution in [0.4, 0.5) is 5.69 Å². The molecule has 6 aliphatic rings. The molecule has 92 heavy (non-hydrogen) atoms. The van der Waals surface area contributed by atoms with Gasteiger partial charge in [0.15, 0.2) is 11.5 Å². The van der Waals surface area contributed by atoms with E-state index < -0.39 is 29.6 Å². The topological polar surface area (TPSA) is 196 Å². The first kappa shape index (κ1) is 61.7. The molecule has 7 aromatic rings. The number of anilines is 1. The van der Waals surface area contributed by atoms with Crippen LogP contribution in [0.25, 0.3) is 10.8 Å². The molecule has 2 aromatic heterocycles. The molecule has 8 unspecified atom stereocenters. The lowest BCUT2D eigenvalue weighted by Crippen LogP contribution is -2.36. The minimum absolute atomic E-state index is 0.00442. The van der Waals surface area contributed by atoms with Crippen molar-refractivity contribution in [3.05, 3.63) is 208 Å². The summed E-state index contributed by atoms with van der Waals surface area (Å²) in [4.78, 5) is 47.7. The van der Waals surface area contributed by atoms with Crippen molar-refractivity contribution in [3.63, 3.8) is 0 Å². The molecule has 6 N–H and O–H groups in total. The zero-order chi connectivity index (χ0) is 64.0. The number of carbonyl (C=O) groups excluding carboxylic acids is 3. The Bertz CT molecular complexity index is 4210. The second-order valence-corrected chi connectivity index (χ2v) is 26.8. The van der Waals surface area contributed by atoms with E-state index in [1.54, 1.807) is 31.2 Å².